The van der Waals surface area contributed by atoms with Gasteiger partial charge in [-0.25, -0.2) is 0 Å². The van der Waals surface area contributed by atoms with E-state index in [1.54, 1.807) is 6.07 Å². The highest BCUT2D eigenvalue weighted by molar-refractivity contribution is 5.94. The number of piperidine rings is 1. The predicted octanol–water partition coefficient (Wildman–Crippen LogP) is 1.83. The van der Waals surface area contributed by atoms with E-state index < -0.39 is 0 Å². The molecule has 0 saturated carbocycles. The Hall–Kier alpha value is -1.88. The average Bonchev–Trinajstić information content (AvgIpc) is 2.60. The van der Waals surface area contributed by atoms with Crippen molar-refractivity contribution in [1.29, 1.82) is 0 Å². The van der Waals surface area contributed by atoms with E-state index >= 15 is 0 Å². The molecule has 0 aromatic heterocycles. The Kier molecular flexibility index (Phi) is 6.59. The van der Waals surface area contributed by atoms with Crippen LogP contribution in [0.2, 0.25) is 0 Å². The Morgan fingerprint density at radius 3 is 2.74 bits per heavy atom. The Morgan fingerprint density at radius 1 is 1.30 bits per heavy atom. The molecule has 23 heavy (non-hydrogen) atoms. The van der Waals surface area contributed by atoms with E-state index in [-0.39, 0.29) is 23.8 Å². The lowest BCUT2D eigenvalue weighted by Crippen LogP contribution is -2.37. The summed E-state index contributed by atoms with van der Waals surface area (Å²) in [4.78, 5) is 24.3. The molecule has 1 unspecified atom stereocenters. The lowest BCUT2D eigenvalue weighted by molar-refractivity contribution is -0.125. The van der Waals surface area contributed by atoms with Crippen LogP contribution in [0.15, 0.2) is 24.3 Å². The number of hydrogen-bond acceptors (Lipinski definition) is 3. The van der Waals surface area contributed by atoms with Crippen LogP contribution in [0.1, 0.15) is 49.0 Å². The van der Waals surface area contributed by atoms with Crippen LogP contribution in [-0.2, 0) is 11.3 Å². The molecule has 2 amide bonds. The Labute approximate surface area is 138 Å². The highest BCUT2D eigenvalue weighted by Gasteiger charge is 2.20. The number of hydrogen-bond donors (Lipinski definition) is 3. The van der Waals surface area contributed by atoms with E-state index in [4.69, 9.17) is 0 Å². The third-order valence-corrected chi connectivity index (χ3v) is 4.36. The number of amides is 2. The fourth-order valence-electron chi connectivity index (χ4n) is 2.65. The summed E-state index contributed by atoms with van der Waals surface area (Å²) < 4.78 is 0. The van der Waals surface area contributed by atoms with Gasteiger partial charge in [-0.05, 0) is 57.0 Å². The molecule has 0 radical (unpaired) electrons. The van der Waals surface area contributed by atoms with Crippen molar-refractivity contribution in [1.82, 2.24) is 16.0 Å². The number of nitrogens with one attached hydrogen (secondary N) is 3. The third kappa shape index (κ3) is 5.36. The van der Waals surface area contributed by atoms with Crippen molar-refractivity contribution in [2.75, 3.05) is 13.1 Å². The summed E-state index contributed by atoms with van der Waals surface area (Å²) in [7, 11) is 0. The minimum Gasteiger partial charge on any atom is -0.352 e. The summed E-state index contributed by atoms with van der Waals surface area (Å²) in [6.45, 7) is 6.30. The second-order valence-electron chi connectivity index (χ2n) is 6.23. The lowest BCUT2D eigenvalue weighted by atomic mass is 9.97. The van der Waals surface area contributed by atoms with Crippen LogP contribution in [0.3, 0.4) is 0 Å². The minimum absolute atomic E-state index is 0.0640. The molecule has 5 heteroatoms. The number of carbonyl (C=O) groups is 2. The van der Waals surface area contributed by atoms with Gasteiger partial charge in [0.15, 0.2) is 0 Å². The molecule has 3 N–H and O–H groups in total. The molecular weight excluding hydrogens is 290 g/mol. The Balaban J connectivity index is 1.89. The number of benzene rings is 1. The molecule has 126 valence electrons. The summed E-state index contributed by atoms with van der Waals surface area (Å²) >= 11 is 0. The van der Waals surface area contributed by atoms with E-state index in [0.29, 0.717) is 12.1 Å². The van der Waals surface area contributed by atoms with E-state index in [0.717, 1.165) is 37.9 Å². The molecule has 0 aliphatic carbocycles. The van der Waals surface area contributed by atoms with Gasteiger partial charge in [-0.1, -0.05) is 19.1 Å². The predicted molar refractivity (Wildman–Crippen MR) is 91.1 cm³/mol. The summed E-state index contributed by atoms with van der Waals surface area (Å²) in [6.07, 6.45) is 2.68. The van der Waals surface area contributed by atoms with Crippen molar-refractivity contribution in [2.45, 2.75) is 45.7 Å². The van der Waals surface area contributed by atoms with E-state index in [2.05, 4.69) is 16.0 Å². The standard InChI is InChI=1S/C18H27N3O2/c1-3-13(2)21-18(23)16-6-4-5-14(11-16)12-20-17(22)15-7-9-19-10-8-15/h4-6,11,13,15,19H,3,7-10,12H2,1-2H3,(H,20,22)(H,21,23). The van der Waals surface area contributed by atoms with Gasteiger partial charge in [0, 0.05) is 24.1 Å². The molecule has 1 aromatic carbocycles. The van der Waals surface area contributed by atoms with Crippen LogP contribution < -0.4 is 16.0 Å². The molecule has 1 aliphatic rings. The smallest absolute Gasteiger partial charge is 0.251 e. The molecule has 1 heterocycles. The number of rotatable bonds is 6. The van der Waals surface area contributed by atoms with Crippen molar-refractivity contribution < 1.29 is 9.59 Å². The maximum absolute atomic E-state index is 12.2. The monoisotopic (exact) mass is 317 g/mol. The van der Waals surface area contributed by atoms with E-state index in [9.17, 15) is 9.59 Å². The van der Waals surface area contributed by atoms with Gasteiger partial charge in [-0.15, -0.1) is 0 Å². The SMILES string of the molecule is CCC(C)NC(=O)c1cccc(CNC(=O)C2CCNCC2)c1. The zero-order valence-electron chi connectivity index (χ0n) is 14.0. The quantitative estimate of drug-likeness (QED) is 0.750. The first kappa shape index (κ1) is 17.5. The second-order valence-corrected chi connectivity index (χ2v) is 6.23. The molecule has 1 fully saturated rings. The van der Waals surface area contributed by atoms with Gasteiger partial charge in [-0.3, -0.25) is 9.59 Å². The largest absolute Gasteiger partial charge is 0.352 e. The van der Waals surface area contributed by atoms with E-state index in [1.165, 1.54) is 0 Å². The van der Waals surface area contributed by atoms with Crippen LogP contribution in [0.25, 0.3) is 0 Å². The van der Waals surface area contributed by atoms with Crippen molar-refractivity contribution in [3.8, 4) is 0 Å². The van der Waals surface area contributed by atoms with Crippen LogP contribution >= 0.6 is 0 Å². The maximum Gasteiger partial charge on any atom is 0.251 e. The first-order valence-corrected chi connectivity index (χ1v) is 8.48. The zero-order valence-corrected chi connectivity index (χ0v) is 14.0. The first-order valence-electron chi connectivity index (χ1n) is 8.48. The van der Waals surface area contributed by atoms with Gasteiger partial charge in [0.05, 0.1) is 0 Å². The van der Waals surface area contributed by atoms with Crippen molar-refractivity contribution in [2.24, 2.45) is 5.92 Å². The van der Waals surface area contributed by atoms with E-state index in [1.807, 2.05) is 32.0 Å². The molecule has 0 spiro atoms. The molecule has 1 saturated heterocycles. The zero-order chi connectivity index (χ0) is 16.7. The van der Waals surface area contributed by atoms with Crippen molar-refractivity contribution >= 4 is 11.8 Å². The molecule has 5 nitrogen and oxygen atoms in total. The molecule has 0 bridgehead atoms. The fourth-order valence-corrected chi connectivity index (χ4v) is 2.65. The summed E-state index contributed by atoms with van der Waals surface area (Å²) in [5, 5.41) is 9.20. The van der Waals surface area contributed by atoms with Crippen molar-refractivity contribution in [3.05, 3.63) is 35.4 Å². The molecular formula is C18H27N3O2. The second kappa shape index (κ2) is 8.67. The average molecular weight is 317 g/mol. The van der Waals surface area contributed by atoms with Crippen LogP contribution in [0.5, 0.6) is 0 Å². The summed E-state index contributed by atoms with van der Waals surface area (Å²) in [6, 6.07) is 7.60. The molecule has 2 rings (SSSR count). The van der Waals surface area contributed by atoms with Gasteiger partial charge < -0.3 is 16.0 Å². The van der Waals surface area contributed by atoms with Gasteiger partial charge in [-0.2, -0.15) is 0 Å². The normalized spacial score (nSPS) is 16.6. The first-order chi connectivity index (χ1) is 11.1. The molecule has 1 aromatic rings. The Bertz CT molecular complexity index is 539. The van der Waals surface area contributed by atoms with Gasteiger partial charge in [0.1, 0.15) is 0 Å². The molecule has 1 aliphatic heterocycles. The lowest BCUT2D eigenvalue weighted by Gasteiger charge is -2.21. The topological polar surface area (TPSA) is 70.2 Å². The van der Waals surface area contributed by atoms with Crippen molar-refractivity contribution in [3.63, 3.8) is 0 Å². The van der Waals surface area contributed by atoms with Gasteiger partial charge in [0.2, 0.25) is 5.91 Å². The van der Waals surface area contributed by atoms with Crippen LogP contribution in [-0.4, -0.2) is 30.9 Å². The summed E-state index contributed by atoms with van der Waals surface area (Å²) in [5.74, 6) is 0.153. The van der Waals surface area contributed by atoms with Gasteiger partial charge in [0.25, 0.3) is 5.91 Å². The Morgan fingerprint density at radius 2 is 2.04 bits per heavy atom. The summed E-state index contributed by atoms with van der Waals surface area (Å²) in [5.41, 5.74) is 1.59. The highest BCUT2D eigenvalue weighted by Crippen LogP contribution is 2.12. The highest BCUT2D eigenvalue weighted by atomic mass is 16.2. The fraction of sp³-hybridized carbons (Fsp3) is 0.556. The number of carbonyl (C=O) groups excluding carboxylic acids is 2. The van der Waals surface area contributed by atoms with Crippen LogP contribution in [0.4, 0.5) is 0 Å². The van der Waals surface area contributed by atoms with Gasteiger partial charge >= 0.3 is 0 Å². The van der Waals surface area contributed by atoms with Crippen LogP contribution in [0, 0.1) is 5.92 Å². The maximum atomic E-state index is 12.2. The minimum atomic E-state index is -0.0640. The molecule has 1 atom stereocenters. The third-order valence-electron chi connectivity index (χ3n) is 4.36.